The summed E-state index contributed by atoms with van der Waals surface area (Å²) in [6.07, 6.45) is 0.946. The number of halogens is 1. The molecular weight excluding hydrogens is 204 g/mol. The van der Waals surface area contributed by atoms with Gasteiger partial charge in [-0.1, -0.05) is 31.9 Å². The van der Waals surface area contributed by atoms with Gasteiger partial charge in [-0.3, -0.25) is 0 Å². The van der Waals surface area contributed by atoms with Gasteiger partial charge in [-0.2, -0.15) is 0 Å². The molecule has 0 aliphatic rings. The molecule has 1 aromatic heterocycles. The van der Waals surface area contributed by atoms with Gasteiger partial charge in [0.25, 0.3) is 0 Å². The van der Waals surface area contributed by atoms with E-state index < -0.39 is 5.60 Å². The quantitative estimate of drug-likeness (QED) is 0.821. The van der Waals surface area contributed by atoms with Gasteiger partial charge in [-0.05, 0) is 24.3 Å². The molecule has 0 spiro atoms. The number of aliphatic hydroxyl groups is 1. The van der Waals surface area contributed by atoms with E-state index >= 15 is 0 Å². The summed E-state index contributed by atoms with van der Waals surface area (Å²) in [6, 6.07) is 1.83. The van der Waals surface area contributed by atoms with Gasteiger partial charge in [0.2, 0.25) is 0 Å². The van der Waals surface area contributed by atoms with E-state index in [-0.39, 0.29) is 5.92 Å². The highest BCUT2D eigenvalue weighted by atomic mass is 35.5. The third kappa shape index (κ3) is 2.06. The zero-order valence-electron chi connectivity index (χ0n) is 8.17. The maximum Gasteiger partial charge on any atom is 0.1000 e. The Morgan fingerprint density at radius 2 is 2.31 bits per heavy atom. The molecule has 0 fully saturated rings. The van der Waals surface area contributed by atoms with Crippen LogP contribution in [0.5, 0.6) is 0 Å². The fraction of sp³-hybridized carbons (Fsp3) is 0.600. The molecule has 0 aliphatic carbocycles. The Hall–Kier alpha value is -0.0500. The second-order valence-electron chi connectivity index (χ2n) is 3.55. The molecule has 1 aromatic rings. The zero-order valence-corrected chi connectivity index (χ0v) is 9.75. The molecule has 1 N–H and O–H groups in total. The van der Waals surface area contributed by atoms with Gasteiger partial charge >= 0.3 is 0 Å². The van der Waals surface area contributed by atoms with E-state index in [4.69, 9.17) is 11.6 Å². The molecule has 0 aliphatic heterocycles. The SMILES string of the molecule is CCC(C)C(C)(O)c1sccc1Cl. The van der Waals surface area contributed by atoms with Gasteiger partial charge in [-0.15, -0.1) is 11.3 Å². The van der Waals surface area contributed by atoms with Gasteiger partial charge in [0.15, 0.2) is 0 Å². The average Bonchev–Trinajstić information content (AvgIpc) is 2.50. The van der Waals surface area contributed by atoms with Crippen LogP contribution in [0.4, 0.5) is 0 Å². The van der Waals surface area contributed by atoms with Crippen LogP contribution in [-0.2, 0) is 5.60 Å². The van der Waals surface area contributed by atoms with E-state index in [1.54, 1.807) is 0 Å². The summed E-state index contributed by atoms with van der Waals surface area (Å²) in [4.78, 5) is 0.878. The van der Waals surface area contributed by atoms with Crippen molar-refractivity contribution in [2.24, 2.45) is 5.92 Å². The zero-order chi connectivity index (χ0) is 10.1. The maximum absolute atomic E-state index is 10.2. The monoisotopic (exact) mass is 218 g/mol. The van der Waals surface area contributed by atoms with Gasteiger partial charge < -0.3 is 5.11 Å². The van der Waals surface area contributed by atoms with E-state index in [0.717, 1.165) is 11.3 Å². The first-order valence-corrected chi connectivity index (χ1v) is 5.71. The molecule has 74 valence electrons. The normalized spacial score (nSPS) is 18.2. The lowest BCUT2D eigenvalue weighted by Gasteiger charge is -2.28. The van der Waals surface area contributed by atoms with Crippen molar-refractivity contribution in [2.75, 3.05) is 0 Å². The molecule has 3 heteroatoms. The Morgan fingerprint density at radius 1 is 1.69 bits per heavy atom. The van der Waals surface area contributed by atoms with Crippen molar-refractivity contribution >= 4 is 22.9 Å². The van der Waals surface area contributed by atoms with Crippen molar-refractivity contribution in [3.8, 4) is 0 Å². The molecule has 2 unspecified atom stereocenters. The molecule has 0 saturated heterocycles. The fourth-order valence-corrected chi connectivity index (χ4v) is 2.70. The van der Waals surface area contributed by atoms with E-state index in [0.29, 0.717) is 5.02 Å². The summed E-state index contributed by atoms with van der Waals surface area (Å²) in [5.74, 6) is 0.226. The van der Waals surface area contributed by atoms with Gasteiger partial charge in [0.1, 0.15) is 0 Å². The molecule has 1 nitrogen and oxygen atoms in total. The Bertz CT molecular complexity index is 280. The molecule has 13 heavy (non-hydrogen) atoms. The molecule has 1 rings (SSSR count). The lowest BCUT2D eigenvalue weighted by atomic mass is 9.87. The highest BCUT2D eigenvalue weighted by Crippen LogP contribution is 2.38. The minimum absolute atomic E-state index is 0.226. The molecule has 0 radical (unpaired) electrons. The van der Waals surface area contributed by atoms with Crippen molar-refractivity contribution in [3.05, 3.63) is 21.3 Å². The van der Waals surface area contributed by atoms with E-state index in [1.807, 2.05) is 25.3 Å². The largest absolute Gasteiger partial charge is 0.384 e. The molecule has 1 heterocycles. The van der Waals surface area contributed by atoms with Gasteiger partial charge in [0.05, 0.1) is 15.5 Å². The Morgan fingerprint density at radius 3 is 2.69 bits per heavy atom. The van der Waals surface area contributed by atoms with Crippen LogP contribution in [0.3, 0.4) is 0 Å². The number of hydrogen-bond acceptors (Lipinski definition) is 2. The third-order valence-corrected chi connectivity index (χ3v) is 4.22. The van der Waals surface area contributed by atoms with Gasteiger partial charge in [0, 0.05) is 0 Å². The fourth-order valence-electron chi connectivity index (χ4n) is 1.28. The van der Waals surface area contributed by atoms with Crippen molar-refractivity contribution in [3.63, 3.8) is 0 Å². The lowest BCUT2D eigenvalue weighted by molar-refractivity contribution is 0.00362. The lowest BCUT2D eigenvalue weighted by Crippen LogP contribution is -2.28. The molecule has 0 bridgehead atoms. The maximum atomic E-state index is 10.2. The van der Waals surface area contributed by atoms with Gasteiger partial charge in [-0.25, -0.2) is 0 Å². The van der Waals surface area contributed by atoms with Crippen molar-refractivity contribution < 1.29 is 5.11 Å². The van der Waals surface area contributed by atoms with Crippen LogP contribution in [0.2, 0.25) is 5.02 Å². The van der Waals surface area contributed by atoms with Crippen LogP contribution in [0.1, 0.15) is 32.1 Å². The third-order valence-electron chi connectivity index (χ3n) is 2.65. The first kappa shape index (κ1) is 11.0. The first-order valence-electron chi connectivity index (χ1n) is 4.46. The highest BCUT2D eigenvalue weighted by molar-refractivity contribution is 7.10. The molecule has 0 amide bonds. The second-order valence-corrected chi connectivity index (χ2v) is 4.88. The summed E-state index contributed by atoms with van der Waals surface area (Å²) in [6.45, 7) is 5.94. The Balaban J connectivity index is 2.99. The average molecular weight is 219 g/mol. The topological polar surface area (TPSA) is 20.2 Å². The predicted molar refractivity (Wildman–Crippen MR) is 58.4 cm³/mol. The van der Waals surface area contributed by atoms with Crippen LogP contribution in [-0.4, -0.2) is 5.11 Å². The minimum Gasteiger partial charge on any atom is -0.384 e. The van der Waals surface area contributed by atoms with Crippen LogP contribution >= 0.6 is 22.9 Å². The minimum atomic E-state index is -0.792. The van der Waals surface area contributed by atoms with Crippen LogP contribution in [0.15, 0.2) is 11.4 Å². The van der Waals surface area contributed by atoms with E-state index in [1.165, 1.54) is 11.3 Å². The van der Waals surface area contributed by atoms with Crippen LogP contribution < -0.4 is 0 Å². The van der Waals surface area contributed by atoms with Crippen molar-refractivity contribution in [2.45, 2.75) is 32.8 Å². The first-order chi connectivity index (χ1) is 6.00. The molecule has 2 atom stereocenters. The molecule has 0 saturated carbocycles. The second kappa shape index (κ2) is 3.99. The number of rotatable bonds is 3. The highest BCUT2D eigenvalue weighted by Gasteiger charge is 2.32. The van der Waals surface area contributed by atoms with Crippen LogP contribution in [0.25, 0.3) is 0 Å². The smallest absolute Gasteiger partial charge is 0.1000 e. The summed E-state index contributed by atoms with van der Waals surface area (Å²) in [5, 5.41) is 12.8. The number of hydrogen-bond donors (Lipinski definition) is 1. The predicted octanol–water partition coefficient (Wildman–Crippen LogP) is 3.66. The standard InChI is InChI=1S/C10H15ClOS/c1-4-7(2)10(3,12)9-8(11)5-6-13-9/h5-7,12H,4H2,1-3H3. The van der Waals surface area contributed by atoms with Crippen molar-refractivity contribution in [1.29, 1.82) is 0 Å². The summed E-state index contributed by atoms with van der Waals surface area (Å²) >= 11 is 7.49. The Labute approximate surface area is 88.4 Å². The number of thiophene rings is 1. The van der Waals surface area contributed by atoms with E-state index in [9.17, 15) is 5.11 Å². The molecular formula is C10H15ClOS. The summed E-state index contributed by atoms with van der Waals surface area (Å²) in [7, 11) is 0. The summed E-state index contributed by atoms with van der Waals surface area (Å²) < 4.78 is 0. The Kier molecular flexibility index (Phi) is 3.38. The summed E-state index contributed by atoms with van der Waals surface area (Å²) in [5.41, 5.74) is -0.792. The van der Waals surface area contributed by atoms with Crippen LogP contribution in [0, 0.1) is 5.92 Å². The van der Waals surface area contributed by atoms with E-state index in [2.05, 4.69) is 6.92 Å². The molecule has 0 aromatic carbocycles. The van der Waals surface area contributed by atoms with Crippen molar-refractivity contribution in [1.82, 2.24) is 0 Å².